The van der Waals surface area contributed by atoms with Gasteiger partial charge in [-0.3, -0.25) is 4.79 Å². The van der Waals surface area contributed by atoms with E-state index in [1.165, 1.54) is 0 Å². The van der Waals surface area contributed by atoms with Crippen LogP contribution in [0, 0.1) is 11.4 Å². The molecule has 0 spiro atoms. The van der Waals surface area contributed by atoms with Gasteiger partial charge in [-0.1, -0.05) is 12.2 Å². The number of H-pyrrole nitrogens is 1. The highest BCUT2D eigenvalue weighted by Gasteiger charge is 2.06. The fourth-order valence-electron chi connectivity index (χ4n) is 0.771. The van der Waals surface area contributed by atoms with Gasteiger partial charge in [0.15, 0.2) is 0 Å². The van der Waals surface area contributed by atoms with Crippen molar-refractivity contribution in [2.45, 2.75) is 11.8 Å². The number of aryl methyl sites for hydroxylation is 1. The second-order valence-electron chi connectivity index (χ2n) is 2.31. The van der Waals surface area contributed by atoms with E-state index >= 15 is 0 Å². The Labute approximate surface area is 86.2 Å². The molecule has 0 aliphatic heterocycles. The Balaban J connectivity index is 3.47. The summed E-state index contributed by atoms with van der Waals surface area (Å²) in [7, 11) is 0. The van der Waals surface area contributed by atoms with Gasteiger partial charge in [-0.25, -0.2) is 0 Å². The Morgan fingerprint density at radius 1 is 1.67 bits per heavy atom. The number of thiol groups is 2. The molecule has 0 saturated heterocycles. The topological polar surface area (TPSA) is 32.9 Å². The van der Waals surface area contributed by atoms with Gasteiger partial charge in [0, 0.05) is 16.8 Å². The van der Waals surface area contributed by atoms with Crippen LogP contribution in [0.3, 0.4) is 0 Å². The van der Waals surface area contributed by atoms with E-state index in [-0.39, 0.29) is 5.12 Å². The Bertz CT molecular complexity index is 383. The summed E-state index contributed by atoms with van der Waals surface area (Å²) >= 11 is 12.8. The second-order valence-corrected chi connectivity index (χ2v) is 3.57. The van der Waals surface area contributed by atoms with E-state index in [0.717, 1.165) is 5.69 Å². The summed E-state index contributed by atoms with van der Waals surface area (Å²) in [6, 6.07) is 0. The predicted molar refractivity (Wildman–Crippen MR) is 56.9 cm³/mol. The first-order chi connectivity index (χ1) is 5.54. The smallest absolute Gasteiger partial charge is 0.219 e. The van der Waals surface area contributed by atoms with E-state index in [2.05, 4.69) is 30.2 Å². The minimum atomic E-state index is -0.341. The summed E-state index contributed by atoms with van der Waals surface area (Å²) in [4.78, 5) is 14.4. The predicted octanol–water partition coefficient (Wildman–Crippen LogP) is 2.41. The van der Waals surface area contributed by atoms with Crippen LogP contribution in [0.2, 0.25) is 0 Å². The van der Waals surface area contributed by atoms with Crippen LogP contribution in [0.5, 0.6) is 0 Å². The highest BCUT2D eigenvalue weighted by atomic mass is 32.1. The average molecular weight is 217 g/mol. The highest BCUT2D eigenvalue weighted by molar-refractivity contribution is 7.97. The molecule has 0 radical (unpaired) electrons. The minimum absolute atomic E-state index is 0.341. The number of carbonyl (C=O) groups is 1. The molecule has 5 heteroatoms. The van der Waals surface area contributed by atoms with Crippen LogP contribution in [0.15, 0.2) is 11.1 Å². The van der Waals surface area contributed by atoms with Gasteiger partial charge >= 0.3 is 0 Å². The molecule has 1 heterocycles. The van der Waals surface area contributed by atoms with Crippen LogP contribution >= 0.6 is 37.5 Å². The van der Waals surface area contributed by atoms with Gasteiger partial charge in [0.2, 0.25) is 5.12 Å². The Kier molecular flexibility index (Phi) is 2.98. The lowest BCUT2D eigenvalue weighted by Crippen LogP contribution is -1.95. The number of carbonyl (C=O) groups excluding carboxylic acids is 1. The fourth-order valence-corrected chi connectivity index (χ4v) is 1.51. The van der Waals surface area contributed by atoms with Gasteiger partial charge in [0.05, 0.1) is 10.1 Å². The number of aromatic nitrogens is 1. The highest BCUT2D eigenvalue weighted by Crippen LogP contribution is 2.16. The fraction of sp³-hybridized carbons (Fsp3) is 0.143. The van der Waals surface area contributed by atoms with Crippen molar-refractivity contribution in [2.75, 3.05) is 0 Å². The normalized spacial score (nSPS) is 9.92. The molecule has 0 fully saturated rings. The molecule has 0 atom stereocenters. The molecule has 0 aromatic carbocycles. The Morgan fingerprint density at radius 2 is 2.25 bits per heavy atom. The maximum atomic E-state index is 10.9. The number of nitrogens with one attached hydrogen (secondary N) is 1. The van der Waals surface area contributed by atoms with Gasteiger partial charge in [-0.2, -0.15) is 0 Å². The molecule has 0 aliphatic carbocycles. The van der Waals surface area contributed by atoms with Crippen LogP contribution in [-0.2, 0) is 0 Å². The molecular weight excluding hydrogens is 210 g/mol. The molecule has 2 nitrogen and oxygen atoms in total. The number of hydrogen-bond acceptors (Lipinski definition) is 3. The molecule has 1 rings (SSSR count). The average Bonchev–Trinajstić information content (AvgIpc) is 2.00. The van der Waals surface area contributed by atoms with Gasteiger partial charge in [-0.05, 0) is 6.92 Å². The molecule has 0 amide bonds. The summed E-state index contributed by atoms with van der Waals surface area (Å²) < 4.78 is 0.453. The molecule has 0 aliphatic rings. The van der Waals surface area contributed by atoms with E-state index in [4.69, 9.17) is 12.2 Å². The van der Waals surface area contributed by atoms with Crippen molar-refractivity contribution >= 4 is 42.6 Å². The first-order valence-corrected chi connectivity index (χ1v) is 4.49. The first-order valence-electron chi connectivity index (χ1n) is 3.18. The molecule has 0 bridgehead atoms. The largest absolute Gasteiger partial charge is 0.363 e. The van der Waals surface area contributed by atoms with E-state index < -0.39 is 0 Å². The summed E-state index contributed by atoms with van der Waals surface area (Å²) in [6.45, 7) is 1.84. The van der Waals surface area contributed by atoms with Crippen molar-refractivity contribution in [3.05, 3.63) is 22.0 Å². The van der Waals surface area contributed by atoms with Gasteiger partial charge in [-0.15, -0.1) is 25.3 Å². The second kappa shape index (κ2) is 3.64. The molecule has 1 aromatic rings. The molecule has 0 unspecified atom stereocenters. The molecule has 12 heavy (non-hydrogen) atoms. The van der Waals surface area contributed by atoms with E-state index in [1.807, 2.05) is 6.92 Å². The molecule has 0 saturated carbocycles. The SMILES string of the molecule is Cc1[nH]cc(C(=O)S)c(=S)c1S. The summed E-state index contributed by atoms with van der Waals surface area (Å²) in [6.07, 6.45) is 1.55. The number of aromatic amines is 1. The van der Waals surface area contributed by atoms with Crippen molar-refractivity contribution in [1.29, 1.82) is 0 Å². The maximum Gasteiger partial charge on any atom is 0.219 e. The third-order valence-electron chi connectivity index (χ3n) is 1.48. The van der Waals surface area contributed by atoms with Crippen LogP contribution in [0.1, 0.15) is 16.1 Å². The molecule has 1 N–H and O–H groups in total. The van der Waals surface area contributed by atoms with Crippen molar-refractivity contribution in [1.82, 2.24) is 4.98 Å². The Morgan fingerprint density at radius 3 is 2.75 bits per heavy atom. The number of hydrogen-bond donors (Lipinski definition) is 3. The lowest BCUT2D eigenvalue weighted by atomic mass is 10.3. The van der Waals surface area contributed by atoms with Crippen molar-refractivity contribution in [3.63, 3.8) is 0 Å². The van der Waals surface area contributed by atoms with Crippen molar-refractivity contribution in [3.8, 4) is 0 Å². The third kappa shape index (κ3) is 1.73. The van der Waals surface area contributed by atoms with E-state index in [1.54, 1.807) is 6.20 Å². The number of pyridine rings is 1. The van der Waals surface area contributed by atoms with Gasteiger partial charge < -0.3 is 4.98 Å². The number of rotatable bonds is 1. The standard InChI is InChI=1S/C7H7NOS3/c1-3-5(10)6(11)4(2-8-3)7(9)12/h2,10H,1H3,(H,8,11)(H,9,12). The zero-order chi connectivity index (χ0) is 9.30. The zero-order valence-electron chi connectivity index (χ0n) is 6.29. The molecule has 64 valence electrons. The Hall–Kier alpha value is -0.260. The first kappa shape index (κ1) is 9.83. The quantitative estimate of drug-likeness (QED) is 0.498. The van der Waals surface area contributed by atoms with E-state index in [9.17, 15) is 4.79 Å². The van der Waals surface area contributed by atoms with Crippen LogP contribution in [0.4, 0.5) is 0 Å². The maximum absolute atomic E-state index is 10.9. The zero-order valence-corrected chi connectivity index (χ0v) is 8.89. The monoisotopic (exact) mass is 217 g/mol. The van der Waals surface area contributed by atoms with Crippen molar-refractivity contribution < 1.29 is 4.79 Å². The summed E-state index contributed by atoms with van der Waals surface area (Å²) in [5, 5.41) is -0.341. The van der Waals surface area contributed by atoms with Crippen LogP contribution < -0.4 is 0 Å². The third-order valence-corrected chi connectivity index (χ3v) is 2.85. The summed E-state index contributed by atoms with van der Waals surface area (Å²) in [5.41, 5.74) is 1.24. The lowest BCUT2D eigenvalue weighted by Gasteiger charge is -2.01. The molecular formula is C7H7NOS3. The minimum Gasteiger partial charge on any atom is -0.363 e. The van der Waals surface area contributed by atoms with Gasteiger partial charge in [0.25, 0.3) is 0 Å². The van der Waals surface area contributed by atoms with E-state index in [0.29, 0.717) is 15.0 Å². The molecule has 1 aromatic heterocycles. The van der Waals surface area contributed by atoms with Gasteiger partial charge in [0.1, 0.15) is 0 Å². The van der Waals surface area contributed by atoms with Crippen LogP contribution in [-0.4, -0.2) is 10.1 Å². The van der Waals surface area contributed by atoms with Crippen LogP contribution in [0.25, 0.3) is 0 Å². The summed E-state index contributed by atoms with van der Waals surface area (Å²) in [5.74, 6) is 0. The van der Waals surface area contributed by atoms with Crippen molar-refractivity contribution in [2.24, 2.45) is 0 Å². The lowest BCUT2D eigenvalue weighted by molar-refractivity contribution is 0.109.